The second-order valence-corrected chi connectivity index (χ2v) is 4.87. The number of hydrogen-bond acceptors (Lipinski definition) is 2. The summed E-state index contributed by atoms with van der Waals surface area (Å²) in [5.41, 5.74) is 1.19. The first-order valence-electron chi connectivity index (χ1n) is 7.07. The molecule has 0 fully saturated rings. The Kier molecular flexibility index (Phi) is 8.53. The third kappa shape index (κ3) is 5.22. The minimum atomic E-state index is -0.0388. The first kappa shape index (κ1) is 16.7. The predicted molar refractivity (Wildman–Crippen MR) is 76.5 cm³/mol. The van der Waals surface area contributed by atoms with Crippen LogP contribution in [0.25, 0.3) is 0 Å². The van der Waals surface area contributed by atoms with Gasteiger partial charge in [-0.1, -0.05) is 26.3 Å². The average molecular weight is 241 g/mol. The first-order chi connectivity index (χ1) is 8.06. The Labute approximate surface area is 108 Å². The molecule has 102 valence electrons. The topological polar surface area (TPSA) is 21.3 Å². The summed E-state index contributed by atoms with van der Waals surface area (Å²) in [6, 6.07) is 0.384. The summed E-state index contributed by atoms with van der Waals surface area (Å²) in [7, 11) is 0. The molecule has 0 amide bonds. The molecule has 0 aromatic rings. The van der Waals surface area contributed by atoms with E-state index in [9.17, 15) is 0 Å². The van der Waals surface area contributed by atoms with E-state index in [0.29, 0.717) is 6.04 Å². The third-order valence-corrected chi connectivity index (χ3v) is 3.46. The highest BCUT2D eigenvalue weighted by molar-refractivity contribution is 5.01. The van der Waals surface area contributed by atoms with Crippen LogP contribution < -0.4 is 5.32 Å². The molecule has 0 spiro atoms. The highest BCUT2D eigenvalue weighted by Crippen LogP contribution is 2.28. The molecule has 1 atom stereocenters. The van der Waals surface area contributed by atoms with Gasteiger partial charge in [0.25, 0.3) is 0 Å². The molecular weight excluding hydrogens is 210 g/mol. The number of ether oxygens (including phenoxy) is 1. The molecule has 2 nitrogen and oxygen atoms in total. The van der Waals surface area contributed by atoms with Gasteiger partial charge in [-0.05, 0) is 46.1 Å². The van der Waals surface area contributed by atoms with E-state index in [-0.39, 0.29) is 5.60 Å². The molecule has 1 N–H and O–H groups in total. The third-order valence-electron chi connectivity index (χ3n) is 3.46. The minimum Gasteiger partial charge on any atom is -0.374 e. The van der Waals surface area contributed by atoms with Gasteiger partial charge in [0.1, 0.15) is 0 Å². The SMILES string of the molecule is C=C(C)CC(NCCC)C(CC)(CC)OCC. The lowest BCUT2D eigenvalue weighted by Crippen LogP contribution is -2.52. The molecule has 0 saturated heterocycles. The largest absolute Gasteiger partial charge is 0.374 e. The second-order valence-electron chi connectivity index (χ2n) is 4.87. The quantitative estimate of drug-likeness (QED) is 0.585. The fourth-order valence-corrected chi connectivity index (χ4v) is 2.45. The molecule has 0 aromatic carbocycles. The van der Waals surface area contributed by atoms with Crippen LogP contribution in [-0.4, -0.2) is 24.8 Å². The van der Waals surface area contributed by atoms with Gasteiger partial charge in [-0.2, -0.15) is 0 Å². The van der Waals surface area contributed by atoms with Gasteiger partial charge in [0.2, 0.25) is 0 Å². The summed E-state index contributed by atoms with van der Waals surface area (Å²) in [6.07, 6.45) is 4.25. The smallest absolute Gasteiger partial charge is 0.0832 e. The van der Waals surface area contributed by atoms with Gasteiger partial charge in [0, 0.05) is 12.6 Å². The van der Waals surface area contributed by atoms with Gasteiger partial charge < -0.3 is 10.1 Å². The van der Waals surface area contributed by atoms with Crippen LogP contribution in [0.2, 0.25) is 0 Å². The second kappa shape index (κ2) is 8.71. The maximum absolute atomic E-state index is 6.08. The fourth-order valence-electron chi connectivity index (χ4n) is 2.45. The lowest BCUT2D eigenvalue weighted by Gasteiger charge is -2.40. The van der Waals surface area contributed by atoms with Gasteiger partial charge >= 0.3 is 0 Å². The number of rotatable bonds is 10. The van der Waals surface area contributed by atoms with Crippen molar-refractivity contribution in [3.8, 4) is 0 Å². The van der Waals surface area contributed by atoms with Crippen LogP contribution >= 0.6 is 0 Å². The van der Waals surface area contributed by atoms with Crippen molar-refractivity contribution in [1.29, 1.82) is 0 Å². The molecule has 0 aliphatic carbocycles. The van der Waals surface area contributed by atoms with Crippen molar-refractivity contribution in [3.63, 3.8) is 0 Å². The highest BCUT2D eigenvalue weighted by atomic mass is 16.5. The van der Waals surface area contributed by atoms with Gasteiger partial charge in [-0.15, -0.1) is 6.58 Å². The predicted octanol–water partition coefficient (Wildman–Crippen LogP) is 3.92. The highest BCUT2D eigenvalue weighted by Gasteiger charge is 2.35. The number of hydrogen-bond donors (Lipinski definition) is 1. The summed E-state index contributed by atoms with van der Waals surface area (Å²) >= 11 is 0. The molecule has 0 heterocycles. The van der Waals surface area contributed by atoms with E-state index in [2.05, 4.69) is 46.5 Å². The molecule has 1 unspecified atom stereocenters. The molecule has 0 saturated carbocycles. The van der Waals surface area contributed by atoms with E-state index < -0.39 is 0 Å². The van der Waals surface area contributed by atoms with Crippen LogP contribution in [0, 0.1) is 0 Å². The van der Waals surface area contributed by atoms with Crippen molar-refractivity contribution in [2.45, 2.75) is 71.9 Å². The van der Waals surface area contributed by atoms with E-state index in [0.717, 1.165) is 38.8 Å². The van der Waals surface area contributed by atoms with Gasteiger partial charge in [0.15, 0.2) is 0 Å². The van der Waals surface area contributed by atoms with Crippen LogP contribution in [-0.2, 0) is 4.74 Å². The Balaban J connectivity index is 4.83. The molecule has 0 rings (SSSR count). The van der Waals surface area contributed by atoms with Gasteiger partial charge in [-0.25, -0.2) is 0 Å². The molecule has 0 radical (unpaired) electrons. The van der Waals surface area contributed by atoms with Crippen molar-refractivity contribution in [2.75, 3.05) is 13.2 Å². The van der Waals surface area contributed by atoms with Gasteiger partial charge in [-0.3, -0.25) is 0 Å². The van der Waals surface area contributed by atoms with E-state index in [1.54, 1.807) is 0 Å². The minimum absolute atomic E-state index is 0.0388. The van der Waals surface area contributed by atoms with Crippen molar-refractivity contribution < 1.29 is 4.74 Å². The summed E-state index contributed by atoms with van der Waals surface area (Å²) in [4.78, 5) is 0. The Morgan fingerprint density at radius 1 is 1.24 bits per heavy atom. The van der Waals surface area contributed by atoms with E-state index in [4.69, 9.17) is 4.74 Å². The zero-order valence-corrected chi connectivity index (χ0v) is 12.4. The van der Waals surface area contributed by atoms with Crippen LogP contribution in [0.4, 0.5) is 0 Å². The maximum Gasteiger partial charge on any atom is 0.0832 e. The van der Waals surface area contributed by atoms with Crippen molar-refractivity contribution in [3.05, 3.63) is 12.2 Å². The average Bonchev–Trinajstić information content (AvgIpc) is 2.31. The normalized spacial score (nSPS) is 13.7. The summed E-state index contributed by atoms with van der Waals surface area (Å²) in [6.45, 7) is 16.7. The molecule has 0 aliphatic rings. The standard InChI is InChI=1S/C15H31NO/c1-7-11-16-14(12-13(5)6)15(8-2,9-3)17-10-4/h14,16H,5,7-12H2,1-4,6H3. The zero-order valence-electron chi connectivity index (χ0n) is 12.4. The Morgan fingerprint density at radius 3 is 2.18 bits per heavy atom. The van der Waals surface area contributed by atoms with Crippen LogP contribution in [0.1, 0.15) is 60.3 Å². The van der Waals surface area contributed by atoms with E-state index in [1.807, 2.05) is 0 Å². The molecule has 0 aliphatic heterocycles. The monoisotopic (exact) mass is 241 g/mol. The molecule has 2 heteroatoms. The van der Waals surface area contributed by atoms with E-state index in [1.165, 1.54) is 5.57 Å². The first-order valence-corrected chi connectivity index (χ1v) is 7.07. The van der Waals surface area contributed by atoms with Crippen LogP contribution in [0.3, 0.4) is 0 Å². The molecule has 17 heavy (non-hydrogen) atoms. The molecular formula is C15H31NO. The summed E-state index contributed by atoms with van der Waals surface area (Å²) < 4.78 is 6.08. The Hall–Kier alpha value is -0.340. The van der Waals surface area contributed by atoms with Crippen LogP contribution in [0.15, 0.2) is 12.2 Å². The summed E-state index contributed by atoms with van der Waals surface area (Å²) in [5, 5.41) is 3.64. The van der Waals surface area contributed by atoms with Crippen molar-refractivity contribution in [1.82, 2.24) is 5.32 Å². The Morgan fingerprint density at radius 2 is 1.82 bits per heavy atom. The van der Waals surface area contributed by atoms with Crippen molar-refractivity contribution >= 4 is 0 Å². The summed E-state index contributed by atoms with van der Waals surface area (Å²) in [5.74, 6) is 0. The molecule has 0 aromatic heterocycles. The molecule has 0 bridgehead atoms. The lowest BCUT2D eigenvalue weighted by atomic mass is 9.84. The van der Waals surface area contributed by atoms with E-state index >= 15 is 0 Å². The number of nitrogens with one attached hydrogen (secondary N) is 1. The maximum atomic E-state index is 6.08. The fraction of sp³-hybridized carbons (Fsp3) is 0.867. The van der Waals surface area contributed by atoms with Crippen molar-refractivity contribution in [2.24, 2.45) is 0 Å². The zero-order chi connectivity index (χ0) is 13.3. The Bertz CT molecular complexity index is 209. The van der Waals surface area contributed by atoms with Gasteiger partial charge in [0.05, 0.1) is 5.60 Å². The van der Waals surface area contributed by atoms with Crippen LogP contribution in [0.5, 0.6) is 0 Å². The lowest BCUT2D eigenvalue weighted by molar-refractivity contribution is -0.0717.